The average Bonchev–Trinajstić information content (AvgIpc) is 2.83. The number of carbonyl (C=O) groups is 1. The molecule has 6 heteroatoms. The molecule has 0 bridgehead atoms. The zero-order chi connectivity index (χ0) is 23.3. The van der Waals surface area contributed by atoms with E-state index in [1.165, 1.54) is 12.1 Å². The fraction of sp³-hybridized carbons (Fsp3) is 0.0741. The van der Waals surface area contributed by atoms with E-state index in [-0.39, 0.29) is 10.8 Å². The first-order chi connectivity index (χ1) is 15.9. The molecule has 33 heavy (non-hydrogen) atoms. The van der Waals surface area contributed by atoms with Gasteiger partial charge in [-0.05, 0) is 47.9 Å². The summed E-state index contributed by atoms with van der Waals surface area (Å²) in [7, 11) is -3.75. The van der Waals surface area contributed by atoms with E-state index in [0.29, 0.717) is 11.4 Å². The minimum atomic E-state index is -3.75. The van der Waals surface area contributed by atoms with Gasteiger partial charge in [0.1, 0.15) is 0 Å². The summed E-state index contributed by atoms with van der Waals surface area (Å²) in [5.74, 6) is -0.703. The van der Waals surface area contributed by atoms with Crippen molar-refractivity contribution in [1.82, 2.24) is 0 Å². The maximum Gasteiger partial charge on any atom is 0.261 e. The van der Waals surface area contributed by atoms with Gasteiger partial charge in [-0.3, -0.25) is 9.52 Å². The van der Waals surface area contributed by atoms with Crippen LogP contribution in [-0.4, -0.2) is 14.3 Å². The van der Waals surface area contributed by atoms with Crippen LogP contribution in [0.5, 0.6) is 0 Å². The second-order valence-electron chi connectivity index (χ2n) is 7.69. The van der Waals surface area contributed by atoms with E-state index in [0.717, 1.165) is 16.7 Å². The van der Waals surface area contributed by atoms with E-state index in [1.807, 2.05) is 67.6 Å². The third-order valence-electron chi connectivity index (χ3n) is 5.33. The first-order valence-corrected chi connectivity index (χ1v) is 12.0. The SMILES string of the molecule is Cc1ccc(NC(=O)C(c2ccccc2)c2ccccc2)cc1NS(=O)(=O)c1ccccc1. The van der Waals surface area contributed by atoms with Crippen LogP contribution >= 0.6 is 0 Å². The third-order valence-corrected chi connectivity index (χ3v) is 6.71. The van der Waals surface area contributed by atoms with Crippen molar-refractivity contribution in [1.29, 1.82) is 0 Å². The van der Waals surface area contributed by atoms with Crippen LogP contribution in [0.4, 0.5) is 11.4 Å². The van der Waals surface area contributed by atoms with Crippen molar-refractivity contribution in [2.75, 3.05) is 10.0 Å². The molecule has 0 spiro atoms. The number of hydrogen-bond donors (Lipinski definition) is 2. The number of nitrogens with one attached hydrogen (secondary N) is 2. The lowest BCUT2D eigenvalue weighted by atomic mass is 9.90. The number of rotatable bonds is 7. The largest absolute Gasteiger partial charge is 0.325 e. The third kappa shape index (κ3) is 5.30. The standard InChI is InChI=1S/C27H24N2O3S/c1-20-17-18-23(19-25(20)29-33(31,32)24-15-9-4-10-16-24)28-27(30)26(21-11-5-2-6-12-21)22-13-7-3-8-14-22/h2-19,26,29H,1H3,(H,28,30). The van der Waals surface area contributed by atoms with Gasteiger partial charge in [0, 0.05) is 5.69 Å². The number of anilines is 2. The second kappa shape index (κ2) is 9.71. The molecule has 0 heterocycles. The van der Waals surface area contributed by atoms with E-state index in [1.54, 1.807) is 36.4 Å². The molecule has 166 valence electrons. The molecule has 0 saturated heterocycles. The molecule has 0 aliphatic heterocycles. The molecule has 0 aliphatic rings. The zero-order valence-electron chi connectivity index (χ0n) is 18.1. The van der Waals surface area contributed by atoms with Crippen molar-refractivity contribution < 1.29 is 13.2 Å². The number of aryl methyl sites for hydroxylation is 1. The average molecular weight is 457 g/mol. The van der Waals surface area contributed by atoms with Crippen LogP contribution in [0.2, 0.25) is 0 Å². The summed E-state index contributed by atoms with van der Waals surface area (Å²) < 4.78 is 28.2. The van der Waals surface area contributed by atoms with Gasteiger partial charge in [-0.2, -0.15) is 0 Å². The van der Waals surface area contributed by atoms with Crippen molar-refractivity contribution in [3.63, 3.8) is 0 Å². The molecule has 2 N–H and O–H groups in total. The van der Waals surface area contributed by atoms with Gasteiger partial charge in [-0.25, -0.2) is 8.42 Å². The van der Waals surface area contributed by atoms with E-state index >= 15 is 0 Å². The Hall–Kier alpha value is -3.90. The predicted octanol–water partition coefficient (Wildman–Crippen LogP) is 5.57. The summed E-state index contributed by atoms with van der Waals surface area (Å²) in [6.45, 7) is 1.81. The molecule has 0 aliphatic carbocycles. The molecular formula is C27H24N2O3S. The Labute approximate surface area is 194 Å². The van der Waals surface area contributed by atoms with Crippen molar-refractivity contribution in [3.8, 4) is 0 Å². The van der Waals surface area contributed by atoms with E-state index in [4.69, 9.17) is 0 Å². The topological polar surface area (TPSA) is 75.3 Å². The summed E-state index contributed by atoms with van der Waals surface area (Å²) in [5.41, 5.74) is 3.41. The molecule has 4 aromatic rings. The summed E-state index contributed by atoms with van der Waals surface area (Å²) in [5, 5.41) is 2.96. The quantitative estimate of drug-likeness (QED) is 0.382. The Bertz CT molecular complexity index is 1300. The van der Waals surface area contributed by atoms with Crippen LogP contribution in [0.25, 0.3) is 0 Å². The minimum Gasteiger partial charge on any atom is -0.325 e. The Morgan fingerprint density at radius 3 is 1.79 bits per heavy atom. The predicted molar refractivity (Wildman–Crippen MR) is 132 cm³/mol. The van der Waals surface area contributed by atoms with E-state index in [9.17, 15) is 13.2 Å². The van der Waals surface area contributed by atoms with Crippen LogP contribution in [0.15, 0.2) is 114 Å². The normalized spacial score (nSPS) is 11.2. The molecule has 0 saturated carbocycles. The van der Waals surface area contributed by atoms with Crippen LogP contribution in [0, 0.1) is 6.92 Å². The summed E-state index contributed by atoms with van der Waals surface area (Å²) >= 11 is 0. The maximum atomic E-state index is 13.4. The maximum absolute atomic E-state index is 13.4. The molecule has 4 aromatic carbocycles. The van der Waals surface area contributed by atoms with Gasteiger partial charge in [-0.15, -0.1) is 0 Å². The van der Waals surface area contributed by atoms with Gasteiger partial charge in [0.05, 0.1) is 16.5 Å². The lowest BCUT2D eigenvalue weighted by Crippen LogP contribution is -2.22. The Balaban J connectivity index is 1.61. The lowest BCUT2D eigenvalue weighted by molar-refractivity contribution is -0.116. The fourth-order valence-electron chi connectivity index (χ4n) is 3.61. The Morgan fingerprint density at radius 1 is 0.727 bits per heavy atom. The molecule has 5 nitrogen and oxygen atoms in total. The Kier molecular flexibility index (Phi) is 6.56. The molecule has 0 fully saturated rings. The van der Waals surface area contributed by atoms with Crippen LogP contribution < -0.4 is 10.0 Å². The highest BCUT2D eigenvalue weighted by Crippen LogP contribution is 2.28. The molecule has 0 unspecified atom stereocenters. The number of amides is 1. The van der Waals surface area contributed by atoms with Gasteiger partial charge < -0.3 is 5.32 Å². The van der Waals surface area contributed by atoms with Crippen LogP contribution in [-0.2, 0) is 14.8 Å². The molecular weight excluding hydrogens is 432 g/mol. The number of benzene rings is 4. The highest BCUT2D eigenvalue weighted by molar-refractivity contribution is 7.92. The van der Waals surface area contributed by atoms with Crippen LogP contribution in [0.1, 0.15) is 22.6 Å². The first-order valence-electron chi connectivity index (χ1n) is 10.5. The molecule has 0 aromatic heterocycles. The summed E-state index contributed by atoms with van der Waals surface area (Å²) in [6.07, 6.45) is 0. The second-order valence-corrected chi connectivity index (χ2v) is 9.37. The van der Waals surface area contributed by atoms with E-state index < -0.39 is 15.9 Å². The van der Waals surface area contributed by atoms with Gasteiger partial charge in [0.2, 0.25) is 5.91 Å². The van der Waals surface area contributed by atoms with E-state index in [2.05, 4.69) is 10.0 Å². The highest BCUT2D eigenvalue weighted by atomic mass is 32.2. The summed E-state index contributed by atoms with van der Waals surface area (Å²) in [4.78, 5) is 13.5. The first kappa shape index (κ1) is 22.3. The van der Waals surface area contributed by atoms with Crippen molar-refractivity contribution in [3.05, 3.63) is 126 Å². The highest BCUT2D eigenvalue weighted by Gasteiger charge is 2.23. The van der Waals surface area contributed by atoms with Crippen LogP contribution in [0.3, 0.4) is 0 Å². The van der Waals surface area contributed by atoms with Gasteiger partial charge >= 0.3 is 0 Å². The zero-order valence-corrected chi connectivity index (χ0v) is 18.9. The molecule has 0 radical (unpaired) electrons. The fourth-order valence-corrected chi connectivity index (χ4v) is 4.76. The van der Waals surface area contributed by atoms with Crippen molar-refractivity contribution in [2.24, 2.45) is 0 Å². The summed E-state index contributed by atoms with van der Waals surface area (Å²) in [6, 6.07) is 32.5. The Morgan fingerprint density at radius 2 is 1.24 bits per heavy atom. The van der Waals surface area contributed by atoms with Gasteiger partial charge in [0.25, 0.3) is 10.0 Å². The minimum absolute atomic E-state index is 0.173. The number of hydrogen-bond acceptors (Lipinski definition) is 3. The monoisotopic (exact) mass is 456 g/mol. The molecule has 0 atom stereocenters. The smallest absolute Gasteiger partial charge is 0.261 e. The lowest BCUT2D eigenvalue weighted by Gasteiger charge is -2.19. The molecule has 4 rings (SSSR count). The number of carbonyl (C=O) groups excluding carboxylic acids is 1. The molecule has 1 amide bonds. The van der Waals surface area contributed by atoms with Gasteiger partial charge in [0.15, 0.2) is 0 Å². The van der Waals surface area contributed by atoms with Crippen molar-refractivity contribution in [2.45, 2.75) is 17.7 Å². The van der Waals surface area contributed by atoms with Crippen molar-refractivity contribution >= 4 is 27.3 Å². The number of sulfonamides is 1. The van der Waals surface area contributed by atoms with Gasteiger partial charge in [-0.1, -0.05) is 84.9 Å².